The molecule has 0 bridgehead atoms. The molecule has 0 heterocycles. The van der Waals surface area contributed by atoms with E-state index >= 15 is 0 Å². The van der Waals surface area contributed by atoms with Gasteiger partial charge in [-0.25, -0.2) is 0 Å². The van der Waals surface area contributed by atoms with Crippen LogP contribution in [0.2, 0.25) is 0 Å². The number of hydrogen-bond donors (Lipinski definition) is 0. The molecule has 38 heavy (non-hydrogen) atoms. The Bertz CT molecular complexity index is 1760. The molecule has 0 aromatic heterocycles. The first-order valence-corrected chi connectivity index (χ1v) is 13.4. The first-order valence-electron chi connectivity index (χ1n) is 13.4. The highest BCUT2D eigenvalue weighted by atomic mass is 14.4. The van der Waals surface area contributed by atoms with Gasteiger partial charge < -0.3 is 0 Å². The van der Waals surface area contributed by atoms with Gasteiger partial charge in [0.15, 0.2) is 0 Å². The maximum absolute atomic E-state index is 9.35. The number of hydrogen-bond acceptors (Lipinski definition) is 1. The molecule has 1 heteroatoms. The highest BCUT2D eigenvalue weighted by molar-refractivity contribution is 6.06. The lowest BCUT2D eigenvalue weighted by Crippen LogP contribution is -2.24. The van der Waals surface area contributed by atoms with E-state index in [1.54, 1.807) is 0 Å². The molecule has 5 aromatic rings. The van der Waals surface area contributed by atoms with Crippen molar-refractivity contribution in [3.63, 3.8) is 0 Å². The summed E-state index contributed by atoms with van der Waals surface area (Å²) in [5.41, 5.74) is 11.4. The fourth-order valence-electron chi connectivity index (χ4n) is 6.59. The lowest BCUT2D eigenvalue weighted by atomic mass is 9.65. The molecule has 0 fully saturated rings. The van der Waals surface area contributed by atoms with Crippen LogP contribution in [0.5, 0.6) is 0 Å². The molecule has 0 aliphatic heterocycles. The molecule has 0 radical (unpaired) electrons. The van der Waals surface area contributed by atoms with Crippen molar-refractivity contribution < 1.29 is 0 Å². The van der Waals surface area contributed by atoms with E-state index in [2.05, 4.69) is 121 Å². The molecule has 1 nitrogen and oxygen atoms in total. The van der Waals surface area contributed by atoms with Gasteiger partial charge in [0.2, 0.25) is 0 Å². The van der Waals surface area contributed by atoms with Crippen molar-refractivity contribution in [1.29, 1.82) is 5.26 Å². The number of allylic oxidation sites excluding steroid dienone is 3. The summed E-state index contributed by atoms with van der Waals surface area (Å²) in [6.07, 6.45) is 6.91. The Kier molecular flexibility index (Phi) is 5.53. The Balaban J connectivity index is 1.48. The maximum Gasteiger partial charge on any atom is 0.0991 e. The van der Waals surface area contributed by atoms with Gasteiger partial charge in [-0.3, -0.25) is 0 Å². The van der Waals surface area contributed by atoms with E-state index < -0.39 is 0 Å². The van der Waals surface area contributed by atoms with Gasteiger partial charge in [-0.05, 0) is 74.7 Å². The van der Waals surface area contributed by atoms with Crippen molar-refractivity contribution in [1.82, 2.24) is 0 Å². The van der Waals surface area contributed by atoms with Crippen LogP contribution in [0.4, 0.5) is 0 Å². The van der Waals surface area contributed by atoms with Crippen LogP contribution in [-0.4, -0.2) is 0 Å². The van der Waals surface area contributed by atoms with Gasteiger partial charge in [0.1, 0.15) is 0 Å². The van der Waals surface area contributed by atoms with E-state index in [1.807, 2.05) is 12.1 Å². The lowest BCUT2D eigenvalue weighted by molar-refractivity contribution is 0.596. The van der Waals surface area contributed by atoms with Crippen molar-refractivity contribution >= 4 is 16.3 Å². The normalized spacial score (nSPS) is 18.1. The Hall–Kier alpha value is -4.67. The largest absolute Gasteiger partial charge is 0.192 e. The van der Waals surface area contributed by atoms with Crippen LogP contribution in [0, 0.1) is 17.2 Å². The average Bonchev–Trinajstić information content (AvgIpc) is 3.00. The smallest absolute Gasteiger partial charge is 0.0991 e. The SMILES string of the molecule is N#Cc1ccc(C2c3ccccc3C(c3ccc(-c4ccccc4)c4ccccc34)=C3CCC=CC32)cc1. The lowest BCUT2D eigenvalue weighted by Gasteiger charge is -2.38. The minimum Gasteiger partial charge on any atom is -0.192 e. The molecule has 0 N–H and O–H groups in total. The van der Waals surface area contributed by atoms with E-state index in [0.717, 1.165) is 12.8 Å². The topological polar surface area (TPSA) is 23.8 Å². The summed E-state index contributed by atoms with van der Waals surface area (Å²) in [4.78, 5) is 0. The molecule has 2 unspecified atom stereocenters. The fourth-order valence-corrected chi connectivity index (χ4v) is 6.59. The average molecular weight is 486 g/mol. The molecule has 0 amide bonds. The van der Waals surface area contributed by atoms with E-state index in [9.17, 15) is 5.26 Å². The van der Waals surface area contributed by atoms with Crippen LogP contribution in [0.3, 0.4) is 0 Å². The molecular weight excluding hydrogens is 458 g/mol. The van der Waals surface area contributed by atoms with Crippen molar-refractivity contribution in [2.24, 2.45) is 5.92 Å². The molecule has 2 aliphatic rings. The zero-order valence-electron chi connectivity index (χ0n) is 21.1. The highest BCUT2D eigenvalue weighted by Gasteiger charge is 2.36. The van der Waals surface area contributed by atoms with Crippen LogP contribution >= 0.6 is 0 Å². The quantitative estimate of drug-likeness (QED) is 0.234. The summed E-state index contributed by atoms with van der Waals surface area (Å²) in [7, 11) is 0. The van der Waals surface area contributed by atoms with Gasteiger partial charge in [0, 0.05) is 11.8 Å². The molecule has 2 atom stereocenters. The highest BCUT2D eigenvalue weighted by Crippen LogP contribution is 2.52. The third-order valence-electron chi connectivity index (χ3n) is 8.25. The first-order chi connectivity index (χ1) is 18.8. The second-order valence-electron chi connectivity index (χ2n) is 10.3. The Labute approximate surface area is 224 Å². The maximum atomic E-state index is 9.35. The molecule has 2 aliphatic carbocycles. The summed E-state index contributed by atoms with van der Waals surface area (Å²) in [6, 6.07) is 43.7. The Morgan fingerprint density at radius 1 is 0.632 bits per heavy atom. The Morgan fingerprint density at radius 3 is 2.11 bits per heavy atom. The van der Waals surface area contributed by atoms with Gasteiger partial charge in [0.25, 0.3) is 0 Å². The molecule has 5 aromatic carbocycles. The van der Waals surface area contributed by atoms with Gasteiger partial charge in [-0.2, -0.15) is 5.26 Å². The van der Waals surface area contributed by atoms with Crippen LogP contribution < -0.4 is 0 Å². The van der Waals surface area contributed by atoms with Gasteiger partial charge in [-0.1, -0.05) is 121 Å². The monoisotopic (exact) mass is 485 g/mol. The third-order valence-corrected chi connectivity index (χ3v) is 8.25. The van der Waals surface area contributed by atoms with Crippen LogP contribution in [0.1, 0.15) is 46.6 Å². The van der Waals surface area contributed by atoms with Crippen molar-refractivity contribution in [3.8, 4) is 17.2 Å². The first kappa shape index (κ1) is 22.5. The number of benzene rings is 5. The zero-order valence-corrected chi connectivity index (χ0v) is 21.1. The predicted molar refractivity (Wildman–Crippen MR) is 157 cm³/mol. The minimum absolute atomic E-state index is 0.240. The standard InChI is InChI=1S/C37H27N/c38-24-25-18-20-27(21-19-25)36-31-14-6-8-16-33(31)37(34-17-9-7-15-32(34)36)35-23-22-28(26-10-2-1-3-11-26)29-12-4-5-13-30(29)35/h1-8,10-16,18-23,32,36H,9,17H2. The third kappa shape index (κ3) is 3.61. The molecule has 180 valence electrons. The fraction of sp³-hybridized carbons (Fsp3) is 0.108. The van der Waals surface area contributed by atoms with Crippen molar-refractivity contribution in [3.05, 3.63) is 161 Å². The minimum atomic E-state index is 0.240. The molecule has 7 rings (SSSR count). The van der Waals surface area contributed by atoms with Crippen LogP contribution in [0.15, 0.2) is 133 Å². The van der Waals surface area contributed by atoms with Crippen molar-refractivity contribution in [2.75, 3.05) is 0 Å². The van der Waals surface area contributed by atoms with Crippen LogP contribution in [-0.2, 0) is 0 Å². The summed E-state index contributed by atoms with van der Waals surface area (Å²) in [6.45, 7) is 0. The number of fused-ring (bicyclic) bond motifs is 3. The number of nitriles is 1. The predicted octanol–water partition coefficient (Wildman–Crippen LogP) is 9.29. The second-order valence-corrected chi connectivity index (χ2v) is 10.3. The zero-order chi connectivity index (χ0) is 25.5. The second kappa shape index (κ2) is 9.33. The molecule has 0 spiro atoms. The molecule has 0 saturated heterocycles. The van der Waals surface area contributed by atoms with Gasteiger partial charge >= 0.3 is 0 Å². The summed E-state index contributed by atoms with van der Waals surface area (Å²) in [5, 5.41) is 11.9. The van der Waals surface area contributed by atoms with E-state index in [-0.39, 0.29) is 5.92 Å². The van der Waals surface area contributed by atoms with E-state index in [1.165, 1.54) is 55.3 Å². The van der Waals surface area contributed by atoms with Gasteiger partial charge in [0.05, 0.1) is 11.6 Å². The summed E-state index contributed by atoms with van der Waals surface area (Å²) in [5.74, 6) is 0.540. The van der Waals surface area contributed by atoms with Crippen LogP contribution in [0.25, 0.3) is 27.5 Å². The number of rotatable bonds is 3. The molecule has 0 saturated carbocycles. The van der Waals surface area contributed by atoms with E-state index in [0.29, 0.717) is 11.5 Å². The van der Waals surface area contributed by atoms with Gasteiger partial charge in [-0.15, -0.1) is 0 Å². The number of nitrogens with zero attached hydrogens (tertiary/aromatic N) is 1. The summed E-state index contributed by atoms with van der Waals surface area (Å²) >= 11 is 0. The van der Waals surface area contributed by atoms with E-state index in [4.69, 9.17) is 0 Å². The molecular formula is C37H27N. The Morgan fingerprint density at radius 2 is 1.32 bits per heavy atom. The van der Waals surface area contributed by atoms with Crippen molar-refractivity contribution in [2.45, 2.75) is 18.8 Å². The summed E-state index contributed by atoms with van der Waals surface area (Å²) < 4.78 is 0.